The Kier molecular flexibility index (Phi) is 9.10. The quantitative estimate of drug-likeness (QED) is 0.175. The Bertz CT molecular complexity index is 1300. The number of hydrogen-bond donors (Lipinski definition) is 4. The first-order valence-corrected chi connectivity index (χ1v) is 17.4. The summed E-state index contributed by atoms with van der Waals surface area (Å²) in [4.78, 5) is 24.9. The van der Waals surface area contributed by atoms with Crippen LogP contribution in [0.25, 0.3) is 0 Å². The fourth-order valence-corrected chi connectivity index (χ4v) is 11.7. The normalized spacial score (nSPS) is 48.1. The van der Waals surface area contributed by atoms with Gasteiger partial charge in [-0.15, -0.1) is 0 Å². The number of fused-ring (bicyclic) bond motifs is 7. The van der Waals surface area contributed by atoms with E-state index in [1.807, 2.05) is 13.8 Å². The Morgan fingerprint density at radius 2 is 1.41 bits per heavy atom. The van der Waals surface area contributed by atoms with Gasteiger partial charge in [-0.1, -0.05) is 65.3 Å². The van der Waals surface area contributed by atoms with E-state index in [0.717, 1.165) is 25.7 Å². The highest BCUT2D eigenvalue weighted by atomic mass is 16.5. The van der Waals surface area contributed by atoms with Crippen molar-refractivity contribution in [3.8, 4) is 0 Å². The molecule has 5 rings (SSSR count). The predicted octanol–water partition coefficient (Wildman–Crippen LogP) is 5.28. The van der Waals surface area contributed by atoms with Crippen LogP contribution in [0.5, 0.6) is 0 Å². The highest BCUT2D eigenvalue weighted by molar-refractivity contribution is 5.82. The number of aliphatic hydroxyl groups is 4. The average molecular weight is 643 g/mol. The SMILES string of the molecule is CC=CC(=O)OC[C@@]12C(CC(C)(C)[C@@H](O)[C@@H]1O)C1=CCC3[C@@]4(C)CC[C@H](O)[C@](C)(COC(=O)C=CC)C4CC[C@@]3(C)[C@]1(C)C[C@H]2O. The molecule has 0 radical (unpaired) electrons. The van der Waals surface area contributed by atoms with Crippen LogP contribution < -0.4 is 0 Å². The topological polar surface area (TPSA) is 134 Å². The third kappa shape index (κ3) is 4.90. The zero-order chi connectivity index (χ0) is 34.1. The van der Waals surface area contributed by atoms with E-state index in [4.69, 9.17) is 9.47 Å². The van der Waals surface area contributed by atoms with E-state index in [-0.39, 0.29) is 47.8 Å². The lowest BCUT2D eigenvalue weighted by atomic mass is 9.33. The van der Waals surface area contributed by atoms with Gasteiger partial charge in [0.15, 0.2) is 0 Å². The van der Waals surface area contributed by atoms with Crippen molar-refractivity contribution >= 4 is 11.9 Å². The first kappa shape index (κ1) is 35.3. The molecule has 0 aromatic rings. The Morgan fingerprint density at radius 3 is 2.02 bits per heavy atom. The molecule has 258 valence electrons. The van der Waals surface area contributed by atoms with Gasteiger partial charge in [-0.05, 0) is 98.2 Å². The maximum absolute atomic E-state index is 12.5. The minimum absolute atomic E-state index is 0.137. The maximum Gasteiger partial charge on any atom is 0.330 e. The summed E-state index contributed by atoms with van der Waals surface area (Å²) in [6.07, 6.45) is 9.43. The standard InChI is InChI=1S/C38H58O8/c1-9-11-29(41)45-21-35(6)25-15-18-36(7)26(34(25,5)17-16-27(35)39)14-13-23-24-19-33(3,4)31(43)32(44)38(24,22-46-30(42)12-10-2)28(40)20-37(23,36)8/h9-13,24-28,31-32,39-40,43-44H,14-22H2,1-8H3/t24?,25?,26?,27-,28+,31-,32-,34-,35+,36+,37+,38-/m0/s1. The van der Waals surface area contributed by atoms with Gasteiger partial charge >= 0.3 is 11.9 Å². The molecule has 0 aromatic heterocycles. The van der Waals surface area contributed by atoms with Crippen LogP contribution in [0.1, 0.15) is 100 Å². The van der Waals surface area contributed by atoms with Crippen LogP contribution in [0, 0.1) is 50.2 Å². The van der Waals surface area contributed by atoms with Crippen molar-refractivity contribution in [2.24, 2.45) is 50.2 Å². The highest BCUT2D eigenvalue weighted by Crippen LogP contribution is 2.75. The largest absolute Gasteiger partial charge is 0.462 e. The molecule has 4 saturated carbocycles. The molecule has 0 aliphatic heterocycles. The Labute approximate surface area is 275 Å². The average Bonchev–Trinajstić information content (AvgIpc) is 2.97. The summed E-state index contributed by atoms with van der Waals surface area (Å²) in [7, 11) is 0. The molecule has 0 amide bonds. The number of esters is 2. The molecule has 3 unspecified atom stereocenters. The van der Waals surface area contributed by atoms with Crippen LogP contribution in [0.15, 0.2) is 36.0 Å². The zero-order valence-corrected chi connectivity index (χ0v) is 29.2. The number of allylic oxidation sites excluding steroid dienone is 4. The Hall–Kier alpha value is -2.00. The summed E-state index contributed by atoms with van der Waals surface area (Å²) < 4.78 is 11.4. The van der Waals surface area contributed by atoms with Gasteiger partial charge in [-0.2, -0.15) is 0 Å². The van der Waals surface area contributed by atoms with E-state index >= 15 is 0 Å². The van der Waals surface area contributed by atoms with Gasteiger partial charge in [-0.3, -0.25) is 0 Å². The number of hydrogen-bond acceptors (Lipinski definition) is 8. The molecule has 0 aromatic carbocycles. The summed E-state index contributed by atoms with van der Waals surface area (Å²) in [5.41, 5.74) is -1.97. The summed E-state index contributed by atoms with van der Waals surface area (Å²) in [5.74, 6) is -0.813. The van der Waals surface area contributed by atoms with Crippen molar-refractivity contribution in [2.45, 2.75) is 125 Å². The van der Waals surface area contributed by atoms with Gasteiger partial charge in [0.25, 0.3) is 0 Å². The van der Waals surface area contributed by atoms with Gasteiger partial charge in [0.05, 0.1) is 36.4 Å². The van der Waals surface area contributed by atoms with Crippen LogP contribution in [-0.2, 0) is 19.1 Å². The van der Waals surface area contributed by atoms with E-state index in [0.29, 0.717) is 19.3 Å². The molecule has 4 fully saturated rings. The lowest BCUT2D eigenvalue weighted by Gasteiger charge is -2.72. The van der Waals surface area contributed by atoms with E-state index in [1.165, 1.54) is 17.7 Å². The molecule has 0 saturated heterocycles. The van der Waals surface area contributed by atoms with Gasteiger partial charge in [0, 0.05) is 17.6 Å². The lowest BCUT2D eigenvalue weighted by molar-refractivity contribution is -0.260. The van der Waals surface area contributed by atoms with Crippen LogP contribution in [-0.4, -0.2) is 70.0 Å². The van der Waals surface area contributed by atoms with Crippen molar-refractivity contribution in [2.75, 3.05) is 13.2 Å². The van der Waals surface area contributed by atoms with Crippen LogP contribution in [0.4, 0.5) is 0 Å². The fourth-order valence-electron chi connectivity index (χ4n) is 11.7. The third-order valence-electron chi connectivity index (χ3n) is 14.5. The second-order valence-electron chi connectivity index (χ2n) is 17.0. The minimum Gasteiger partial charge on any atom is -0.462 e. The van der Waals surface area contributed by atoms with Crippen LogP contribution >= 0.6 is 0 Å². The molecule has 12 atom stereocenters. The second-order valence-corrected chi connectivity index (χ2v) is 17.0. The van der Waals surface area contributed by atoms with Crippen LogP contribution in [0.3, 0.4) is 0 Å². The van der Waals surface area contributed by atoms with Gasteiger partial charge < -0.3 is 29.9 Å². The lowest BCUT2D eigenvalue weighted by Crippen LogP contribution is -2.72. The molecular formula is C38H58O8. The molecule has 8 nitrogen and oxygen atoms in total. The van der Waals surface area contributed by atoms with E-state index < -0.39 is 52.0 Å². The number of rotatable bonds is 6. The molecule has 5 aliphatic rings. The fraction of sp³-hybridized carbons (Fsp3) is 0.789. The molecule has 5 aliphatic carbocycles. The molecule has 0 heterocycles. The van der Waals surface area contributed by atoms with E-state index in [9.17, 15) is 30.0 Å². The van der Waals surface area contributed by atoms with Crippen molar-refractivity contribution in [3.63, 3.8) is 0 Å². The second kappa shape index (κ2) is 11.9. The van der Waals surface area contributed by atoms with Crippen LogP contribution in [0.2, 0.25) is 0 Å². The predicted molar refractivity (Wildman–Crippen MR) is 175 cm³/mol. The summed E-state index contributed by atoms with van der Waals surface area (Å²) in [5, 5.41) is 46.8. The number of ether oxygens (including phenoxy) is 2. The number of carbonyl (C=O) groups is 2. The monoisotopic (exact) mass is 642 g/mol. The smallest absolute Gasteiger partial charge is 0.330 e. The van der Waals surface area contributed by atoms with E-state index in [2.05, 4.69) is 33.8 Å². The number of aliphatic hydroxyl groups excluding tert-OH is 4. The first-order valence-electron chi connectivity index (χ1n) is 17.4. The van der Waals surface area contributed by atoms with Crippen molar-refractivity contribution in [1.82, 2.24) is 0 Å². The third-order valence-corrected chi connectivity index (χ3v) is 14.5. The molecule has 0 spiro atoms. The first-order chi connectivity index (χ1) is 21.4. The molecule has 46 heavy (non-hydrogen) atoms. The van der Waals surface area contributed by atoms with Crippen molar-refractivity contribution in [1.29, 1.82) is 0 Å². The molecular weight excluding hydrogens is 584 g/mol. The summed E-state index contributed by atoms with van der Waals surface area (Å²) in [6, 6.07) is 0. The van der Waals surface area contributed by atoms with E-state index in [1.54, 1.807) is 26.0 Å². The van der Waals surface area contributed by atoms with Crippen molar-refractivity contribution in [3.05, 3.63) is 36.0 Å². The zero-order valence-electron chi connectivity index (χ0n) is 29.2. The minimum atomic E-state index is -1.27. The Morgan fingerprint density at radius 1 is 0.804 bits per heavy atom. The summed E-state index contributed by atoms with van der Waals surface area (Å²) in [6.45, 7) is 16.6. The summed E-state index contributed by atoms with van der Waals surface area (Å²) >= 11 is 0. The molecule has 4 N–H and O–H groups in total. The molecule has 8 heteroatoms. The molecule has 0 bridgehead atoms. The van der Waals surface area contributed by atoms with Gasteiger partial charge in [0.1, 0.15) is 6.61 Å². The Balaban J connectivity index is 1.56. The number of carbonyl (C=O) groups excluding carboxylic acids is 2. The maximum atomic E-state index is 12.5. The highest BCUT2D eigenvalue weighted by Gasteiger charge is 2.72. The van der Waals surface area contributed by atoms with Crippen molar-refractivity contribution < 1.29 is 39.5 Å². The van der Waals surface area contributed by atoms with Gasteiger partial charge in [0.2, 0.25) is 0 Å². The van der Waals surface area contributed by atoms with Gasteiger partial charge in [-0.25, -0.2) is 9.59 Å².